The van der Waals surface area contributed by atoms with Gasteiger partial charge in [-0.1, -0.05) is 43.8 Å². The number of nitrogens with zero attached hydrogens (tertiary/aromatic N) is 2. The number of hydrogen-bond acceptors (Lipinski definition) is 5. The van der Waals surface area contributed by atoms with E-state index < -0.39 is 0 Å². The lowest BCUT2D eigenvalue weighted by atomic mass is 9.98. The molecule has 0 radical (unpaired) electrons. The van der Waals surface area contributed by atoms with E-state index >= 15 is 0 Å². The molecule has 0 saturated carbocycles. The van der Waals surface area contributed by atoms with E-state index in [2.05, 4.69) is 40.4 Å². The Morgan fingerprint density at radius 1 is 1.14 bits per heavy atom. The molecule has 0 aliphatic rings. The highest BCUT2D eigenvalue weighted by molar-refractivity contribution is 8.00. The molecule has 6 nitrogen and oxygen atoms in total. The molecule has 1 amide bonds. The fourth-order valence-corrected chi connectivity index (χ4v) is 3.68. The summed E-state index contributed by atoms with van der Waals surface area (Å²) in [5.74, 6) is 1.70. The minimum atomic E-state index is -0.339. The maximum Gasteiger partial charge on any atom is 0.237 e. The Hall–Kier alpha value is -2.80. The van der Waals surface area contributed by atoms with Gasteiger partial charge in [0.1, 0.15) is 5.75 Å². The minimum Gasteiger partial charge on any atom is -0.497 e. The molecule has 29 heavy (non-hydrogen) atoms. The van der Waals surface area contributed by atoms with Crippen LogP contribution in [0.25, 0.3) is 11.4 Å². The third-order valence-corrected chi connectivity index (χ3v) is 5.62. The number of aromatic amines is 1. The molecule has 0 spiro atoms. The standard InChI is InChI=1S/C22H26N4O2S/c1-13(2)18-8-6-7-14(3)19(18)23-21(27)15(4)29-22-24-20(25-26-22)16-9-11-17(28-5)12-10-16/h6-13,15H,1-5H3,(H,23,27)(H,24,25,26)/t15-/m1/s1. The number of ether oxygens (including phenoxy) is 1. The molecule has 0 unspecified atom stereocenters. The third kappa shape index (κ3) is 4.98. The van der Waals surface area contributed by atoms with Crippen molar-refractivity contribution in [3.05, 3.63) is 53.6 Å². The highest BCUT2D eigenvalue weighted by atomic mass is 32.2. The SMILES string of the molecule is COc1ccc(-c2nc(S[C@H](C)C(=O)Nc3c(C)cccc3C(C)C)n[nH]2)cc1. The van der Waals surface area contributed by atoms with Gasteiger partial charge in [0.25, 0.3) is 0 Å². The highest BCUT2D eigenvalue weighted by Crippen LogP contribution is 2.29. The van der Waals surface area contributed by atoms with E-state index in [1.165, 1.54) is 11.8 Å². The van der Waals surface area contributed by atoms with Crippen LogP contribution in [0.4, 0.5) is 5.69 Å². The lowest BCUT2D eigenvalue weighted by molar-refractivity contribution is -0.115. The number of anilines is 1. The number of aromatic nitrogens is 3. The molecular weight excluding hydrogens is 384 g/mol. The van der Waals surface area contributed by atoms with E-state index in [9.17, 15) is 4.79 Å². The van der Waals surface area contributed by atoms with Crippen molar-refractivity contribution in [2.75, 3.05) is 12.4 Å². The van der Waals surface area contributed by atoms with Crippen LogP contribution < -0.4 is 10.1 Å². The van der Waals surface area contributed by atoms with Crippen LogP contribution in [0.1, 0.15) is 37.8 Å². The van der Waals surface area contributed by atoms with Crippen molar-refractivity contribution in [3.8, 4) is 17.1 Å². The van der Waals surface area contributed by atoms with Crippen LogP contribution >= 0.6 is 11.8 Å². The summed E-state index contributed by atoms with van der Waals surface area (Å²) in [7, 11) is 1.63. The van der Waals surface area contributed by atoms with Crippen LogP contribution in [-0.4, -0.2) is 33.4 Å². The van der Waals surface area contributed by atoms with Crippen molar-refractivity contribution in [3.63, 3.8) is 0 Å². The molecule has 1 heterocycles. The number of methoxy groups -OCH3 is 1. The predicted molar refractivity (Wildman–Crippen MR) is 118 cm³/mol. The topological polar surface area (TPSA) is 79.9 Å². The first-order valence-corrected chi connectivity index (χ1v) is 10.4. The average molecular weight is 411 g/mol. The zero-order chi connectivity index (χ0) is 21.0. The van der Waals surface area contributed by atoms with Gasteiger partial charge in [-0.3, -0.25) is 9.89 Å². The second-order valence-corrected chi connectivity index (χ2v) is 8.45. The second kappa shape index (κ2) is 9.13. The van der Waals surface area contributed by atoms with Crippen molar-refractivity contribution in [2.24, 2.45) is 0 Å². The zero-order valence-corrected chi connectivity index (χ0v) is 18.1. The predicted octanol–water partition coefficient (Wildman–Crippen LogP) is 5.03. The smallest absolute Gasteiger partial charge is 0.237 e. The van der Waals surface area contributed by atoms with Crippen LogP contribution in [0, 0.1) is 6.92 Å². The summed E-state index contributed by atoms with van der Waals surface area (Å²) in [6.45, 7) is 8.11. The second-order valence-electron chi connectivity index (χ2n) is 7.14. The van der Waals surface area contributed by atoms with Crippen molar-refractivity contribution in [2.45, 2.75) is 44.0 Å². The number of carbonyl (C=O) groups excluding carboxylic acids is 1. The molecule has 0 aliphatic carbocycles. The van der Waals surface area contributed by atoms with Gasteiger partial charge < -0.3 is 10.1 Å². The van der Waals surface area contributed by atoms with E-state index in [1.807, 2.05) is 50.2 Å². The van der Waals surface area contributed by atoms with E-state index in [4.69, 9.17) is 4.74 Å². The summed E-state index contributed by atoms with van der Waals surface area (Å²) in [4.78, 5) is 17.3. The quantitative estimate of drug-likeness (QED) is 0.534. The van der Waals surface area contributed by atoms with Crippen LogP contribution in [0.5, 0.6) is 5.75 Å². The molecule has 3 rings (SSSR count). The zero-order valence-electron chi connectivity index (χ0n) is 17.3. The number of benzene rings is 2. The molecule has 0 saturated heterocycles. The summed E-state index contributed by atoms with van der Waals surface area (Å²) in [6, 6.07) is 13.7. The Bertz CT molecular complexity index is 983. The number of para-hydroxylation sites is 1. The van der Waals surface area contributed by atoms with E-state index in [0.29, 0.717) is 16.9 Å². The van der Waals surface area contributed by atoms with Gasteiger partial charge in [-0.2, -0.15) is 0 Å². The number of rotatable bonds is 7. The molecule has 1 aromatic heterocycles. The van der Waals surface area contributed by atoms with E-state index in [1.54, 1.807) is 7.11 Å². The molecule has 0 aliphatic heterocycles. The fraction of sp³-hybridized carbons (Fsp3) is 0.318. The number of carbonyl (C=O) groups is 1. The maximum absolute atomic E-state index is 12.8. The molecule has 7 heteroatoms. The van der Waals surface area contributed by atoms with Gasteiger partial charge in [-0.15, -0.1) is 5.10 Å². The summed E-state index contributed by atoms with van der Waals surface area (Å²) in [5, 5.41) is 10.5. The van der Waals surface area contributed by atoms with Gasteiger partial charge in [-0.25, -0.2) is 4.98 Å². The summed E-state index contributed by atoms with van der Waals surface area (Å²) >= 11 is 1.32. The first kappa shape index (κ1) is 20.9. The minimum absolute atomic E-state index is 0.0676. The monoisotopic (exact) mass is 410 g/mol. The third-order valence-electron chi connectivity index (χ3n) is 4.65. The largest absolute Gasteiger partial charge is 0.497 e. The first-order valence-electron chi connectivity index (χ1n) is 9.53. The molecule has 1 atom stereocenters. The van der Waals surface area contributed by atoms with Crippen molar-refractivity contribution >= 4 is 23.4 Å². The first-order chi connectivity index (χ1) is 13.9. The van der Waals surface area contributed by atoms with Crippen molar-refractivity contribution in [1.29, 1.82) is 0 Å². The Morgan fingerprint density at radius 3 is 2.52 bits per heavy atom. The molecule has 0 fully saturated rings. The number of thioether (sulfide) groups is 1. The lowest BCUT2D eigenvalue weighted by Crippen LogP contribution is -2.24. The molecule has 3 aromatic rings. The van der Waals surface area contributed by atoms with Gasteiger partial charge in [0.2, 0.25) is 11.1 Å². The summed E-state index contributed by atoms with van der Waals surface area (Å²) in [5.41, 5.74) is 3.99. The van der Waals surface area contributed by atoms with Crippen LogP contribution in [0.15, 0.2) is 47.6 Å². The lowest BCUT2D eigenvalue weighted by Gasteiger charge is -2.18. The van der Waals surface area contributed by atoms with Gasteiger partial charge in [0.05, 0.1) is 12.4 Å². The Balaban J connectivity index is 1.68. The van der Waals surface area contributed by atoms with Crippen molar-refractivity contribution < 1.29 is 9.53 Å². The normalized spacial score (nSPS) is 12.1. The maximum atomic E-state index is 12.8. The Kier molecular flexibility index (Phi) is 6.59. The van der Waals surface area contributed by atoms with Crippen molar-refractivity contribution in [1.82, 2.24) is 15.2 Å². The van der Waals surface area contributed by atoms with Crippen LogP contribution in [0.3, 0.4) is 0 Å². The summed E-state index contributed by atoms with van der Waals surface area (Å²) in [6.07, 6.45) is 0. The molecule has 2 N–H and O–H groups in total. The summed E-state index contributed by atoms with van der Waals surface area (Å²) < 4.78 is 5.17. The number of nitrogens with one attached hydrogen (secondary N) is 2. The van der Waals surface area contributed by atoms with E-state index in [0.717, 1.165) is 28.1 Å². The fourth-order valence-electron chi connectivity index (χ4n) is 2.96. The molecule has 0 bridgehead atoms. The van der Waals surface area contributed by atoms with Gasteiger partial charge in [-0.05, 0) is 55.2 Å². The molecule has 2 aromatic carbocycles. The van der Waals surface area contributed by atoms with Gasteiger partial charge >= 0.3 is 0 Å². The number of aryl methyl sites for hydroxylation is 1. The highest BCUT2D eigenvalue weighted by Gasteiger charge is 2.20. The Morgan fingerprint density at radius 2 is 1.86 bits per heavy atom. The van der Waals surface area contributed by atoms with Gasteiger partial charge in [0.15, 0.2) is 5.82 Å². The average Bonchev–Trinajstić information content (AvgIpc) is 3.17. The molecule has 152 valence electrons. The van der Waals surface area contributed by atoms with E-state index in [-0.39, 0.29) is 11.2 Å². The van der Waals surface area contributed by atoms with Gasteiger partial charge in [0, 0.05) is 11.3 Å². The number of H-pyrrole nitrogens is 1. The van der Waals surface area contributed by atoms with Crippen LogP contribution in [0.2, 0.25) is 0 Å². The number of hydrogen-bond donors (Lipinski definition) is 2. The van der Waals surface area contributed by atoms with Crippen LogP contribution in [-0.2, 0) is 4.79 Å². The Labute approximate surface area is 175 Å². The number of amides is 1. The molecular formula is C22H26N4O2S.